The third kappa shape index (κ3) is 3.83. The molecule has 3 aromatic rings. The Kier molecular flexibility index (Phi) is 6.00. The molecule has 36 heavy (non-hydrogen) atoms. The lowest BCUT2D eigenvalue weighted by Gasteiger charge is -2.55. The lowest BCUT2D eigenvalue weighted by molar-refractivity contribution is -0.128. The molecule has 3 atom stereocenters. The Labute approximate surface area is 212 Å². The first kappa shape index (κ1) is 24.6. The fourth-order valence-electron chi connectivity index (χ4n) is 6.04. The Hall–Kier alpha value is -3.10. The SMILES string of the molecule is CC(C)c1ccc(C(O)(c2cncc(-c3noc([C@H]4C(=O)N(C)CC4C)n3)c2)C2(C)CN(C)C2)cc1. The second-order valence-corrected chi connectivity index (χ2v) is 11.3. The maximum Gasteiger partial charge on any atom is 0.239 e. The van der Waals surface area contributed by atoms with Crippen molar-refractivity contribution in [2.75, 3.05) is 33.7 Å². The molecule has 8 nitrogen and oxygen atoms in total. The van der Waals surface area contributed by atoms with Gasteiger partial charge in [0.2, 0.25) is 17.6 Å². The van der Waals surface area contributed by atoms with Crippen LogP contribution in [0.3, 0.4) is 0 Å². The van der Waals surface area contributed by atoms with Crippen molar-refractivity contribution in [2.24, 2.45) is 11.3 Å². The zero-order valence-electron chi connectivity index (χ0n) is 21.9. The average Bonchev–Trinajstić information content (AvgIpc) is 3.41. The van der Waals surface area contributed by atoms with Crippen molar-refractivity contribution in [1.82, 2.24) is 24.9 Å². The first-order valence-corrected chi connectivity index (χ1v) is 12.6. The number of nitrogens with zero attached hydrogens (tertiary/aromatic N) is 5. The molecule has 2 fully saturated rings. The molecule has 2 aliphatic heterocycles. The molecule has 8 heteroatoms. The molecule has 0 spiro atoms. The Bertz CT molecular complexity index is 1260. The summed E-state index contributed by atoms with van der Waals surface area (Å²) in [5, 5.41) is 16.6. The summed E-state index contributed by atoms with van der Waals surface area (Å²) in [5.74, 6) is 0.740. The maximum absolute atomic E-state index is 12.6. The summed E-state index contributed by atoms with van der Waals surface area (Å²) in [6.07, 6.45) is 3.39. The van der Waals surface area contributed by atoms with E-state index in [9.17, 15) is 9.90 Å². The molecule has 0 aliphatic carbocycles. The largest absolute Gasteiger partial charge is 0.380 e. The number of carbonyl (C=O) groups is 1. The summed E-state index contributed by atoms with van der Waals surface area (Å²) in [7, 11) is 3.85. The molecule has 190 valence electrons. The average molecular weight is 490 g/mol. The van der Waals surface area contributed by atoms with Crippen LogP contribution in [0, 0.1) is 11.3 Å². The van der Waals surface area contributed by atoms with E-state index in [1.54, 1.807) is 24.3 Å². The van der Waals surface area contributed by atoms with Crippen LogP contribution >= 0.6 is 0 Å². The van der Waals surface area contributed by atoms with Crippen LogP contribution in [0.25, 0.3) is 11.4 Å². The van der Waals surface area contributed by atoms with Gasteiger partial charge in [-0.25, -0.2) is 0 Å². The molecular weight excluding hydrogens is 454 g/mol. The predicted molar refractivity (Wildman–Crippen MR) is 136 cm³/mol. The van der Waals surface area contributed by atoms with Gasteiger partial charge in [-0.1, -0.05) is 57.1 Å². The van der Waals surface area contributed by atoms with Crippen LogP contribution in [0.4, 0.5) is 0 Å². The van der Waals surface area contributed by atoms with Crippen LogP contribution in [-0.2, 0) is 10.4 Å². The molecule has 1 amide bonds. The van der Waals surface area contributed by atoms with Gasteiger partial charge in [-0.3, -0.25) is 9.78 Å². The number of carbonyl (C=O) groups excluding carboxylic acids is 1. The van der Waals surface area contributed by atoms with E-state index in [-0.39, 0.29) is 11.8 Å². The summed E-state index contributed by atoms with van der Waals surface area (Å²) in [4.78, 5) is 25.5. The predicted octanol–water partition coefficient (Wildman–Crippen LogP) is 3.63. The molecule has 0 radical (unpaired) electrons. The summed E-state index contributed by atoms with van der Waals surface area (Å²) < 4.78 is 5.55. The van der Waals surface area contributed by atoms with Gasteiger partial charge < -0.3 is 19.4 Å². The zero-order valence-corrected chi connectivity index (χ0v) is 21.9. The number of hydrogen-bond donors (Lipinski definition) is 1. The van der Waals surface area contributed by atoms with Crippen LogP contribution in [-0.4, -0.2) is 69.7 Å². The van der Waals surface area contributed by atoms with E-state index >= 15 is 0 Å². The van der Waals surface area contributed by atoms with E-state index in [1.165, 1.54) is 5.56 Å². The van der Waals surface area contributed by atoms with Crippen LogP contribution in [0.15, 0.2) is 47.2 Å². The number of aromatic nitrogens is 3. The number of pyridine rings is 1. The lowest BCUT2D eigenvalue weighted by Crippen LogP contribution is -2.63. The second kappa shape index (κ2) is 8.78. The minimum atomic E-state index is -1.26. The normalized spacial score (nSPS) is 23.7. The van der Waals surface area contributed by atoms with Gasteiger partial charge in [0.25, 0.3) is 0 Å². The molecule has 0 bridgehead atoms. The van der Waals surface area contributed by atoms with Crippen molar-refractivity contribution < 1.29 is 14.4 Å². The number of likely N-dealkylation sites (N-methyl/N-ethyl adjacent to an activating group) is 1. The molecule has 2 aliphatic rings. The van der Waals surface area contributed by atoms with Gasteiger partial charge >= 0.3 is 0 Å². The van der Waals surface area contributed by atoms with Gasteiger partial charge in [0.1, 0.15) is 11.5 Å². The Balaban J connectivity index is 1.54. The molecule has 1 N–H and O–H groups in total. The van der Waals surface area contributed by atoms with Gasteiger partial charge in [-0.15, -0.1) is 0 Å². The summed E-state index contributed by atoms with van der Waals surface area (Å²) in [5.41, 5.74) is 1.73. The summed E-state index contributed by atoms with van der Waals surface area (Å²) >= 11 is 0. The topological polar surface area (TPSA) is 95.6 Å². The number of rotatable bonds is 6. The van der Waals surface area contributed by atoms with Crippen molar-refractivity contribution in [3.8, 4) is 11.4 Å². The van der Waals surface area contributed by atoms with Crippen molar-refractivity contribution in [3.05, 3.63) is 65.3 Å². The molecule has 0 saturated carbocycles. The quantitative estimate of drug-likeness (QED) is 0.565. The highest BCUT2D eigenvalue weighted by Gasteiger charge is 2.55. The maximum atomic E-state index is 12.6. The van der Waals surface area contributed by atoms with E-state index in [0.29, 0.717) is 35.3 Å². The van der Waals surface area contributed by atoms with Gasteiger partial charge in [-0.2, -0.15) is 4.98 Å². The van der Waals surface area contributed by atoms with E-state index in [4.69, 9.17) is 4.52 Å². The fraction of sp³-hybridized carbons (Fsp3) is 0.500. The fourth-order valence-corrected chi connectivity index (χ4v) is 6.04. The number of hydrogen-bond acceptors (Lipinski definition) is 7. The first-order valence-electron chi connectivity index (χ1n) is 12.6. The molecule has 2 saturated heterocycles. The van der Waals surface area contributed by atoms with Crippen LogP contribution in [0.2, 0.25) is 0 Å². The van der Waals surface area contributed by atoms with Crippen molar-refractivity contribution in [3.63, 3.8) is 0 Å². The summed E-state index contributed by atoms with van der Waals surface area (Å²) in [6, 6.07) is 10.1. The molecule has 2 aromatic heterocycles. The van der Waals surface area contributed by atoms with Gasteiger partial charge in [-0.05, 0) is 36.1 Å². The highest BCUT2D eigenvalue weighted by molar-refractivity contribution is 5.85. The Morgan fingerprint density at radius 2 is 1.83 bits per heavy atom. The van der Waals surface area contributed by atoms with E-state index in [2.05, 4.69) is 60.0 Å². The lowest BCUT2D eigenvalue weighted by atomic mass is 9.62. The number of likely N-dealkylation sites (tertiary alicyclic amines) is 2. The molecule has 2 unspecified atom stereocenters. The standard InChI is InChI=1S/C28H35N5O3/c1-17(2)19-7-9-21(10-8-19)28(35,27(4)15-32(5)16-27)22-11-20(12-29-13-22)24-30-25(36-31-24)23-18(3)14-33(6)26(23)34/h7-13,17-18,23,35H,14-16H2,1-6H3/t18?,23-,28?/m0/s1. The van der Waals surface area contributed by atoms with Crippen molar-refractivity contribution >= 4 is 5.91 Å². The second-order valence-electron chi connectivity index (χ2n) is 11.3. The minimum Gasteiger partial charge on any atom is -0.380 e. The molecule has 1 aromatic carbocycles. The van der Waals surface area contributed by atoms with Crippen molar-refractivity contribution in [1.29, 1.82) is 0 Å². The third-order valence-corrected chi connectivity index (χ3v) is 8.00. The Morgan fingerprint density at radius 1 is 1.14 bits per heavy atom. The highest BCUT2D eigenvalue weighted by Crippen LogP contribution is 2.50. The molecule has 5 rings (SSSR count). The van der Waals surface area contributed by atoms with Crippen molar-refractivity contribution in [2.45, 2.75) is 45.1 Å². The highest BCUT2D eigenvalue weighted by atomic mass is 16.5. The Morgan fingerprint density at radius 3 is 2.42 bits per heavy atom. The van der Waals surface area contributed by atoms with Crippen LogP contribution < -0.4 is 0 Å². The van der Waals surface area contributed by atoms with E-state index in [0.717, 1.165) is 18.7 Å². The zero-order chi connectivity index (χ0) is 25.8. The van der Waals surface area contributed by atoms with Gasteiger partial charge in [0, 0.05) is 55.6 Å². The molecular formula is C28H35N5O3. The van der Waals surface area contributed by atoms with Crippen LogP contribution in [0.5, 0.6) is 0 Å². The number of aliphatic hydroxyl groups is 1. The first-order chi connectivity index (χ1) is 17.0. The number of benzene rings is 1. The van der Waals surface area contributed by atoms with Gasteiger partial charge in [0.15, 0.2) is 0 Å². The van der Waals surface area contributed by atoms with Gasteiger partial charge in [0.05, 0.1) is 0 Å². The molecule has 4 heterocycles. The smallest absolute Gasteiger partial charge is 0.239 e. The van der Waals surface area contributed by atoms with E-state index in [1.807, 2.05) is 25.1 Å². The summed E-state index contributed by atoms with van der Waals surface area (Å²) in [6.45, 7) is 10.6. The van der Waals surface area contributed by atoms with E-state index < -0.39 is 16.9 Å². The number of amides is 1. The van der Waals surface area contributed by atoms with Crippen LogP contribution in [0.1, 0.15) is 62.1 Å². The monoisotopic (exact) mass is 489 g/mol. The minimum absolute atomic E-state index is 0.00850. The third-order valence-electron chi connectivity index (χ3n) is 8.00.